The van der Waals surface area contributed by atoms with Crippen molar-refractivity contribution in [3.63, 3.8) is 0 Å². The van der Waals surface area contributed by atoms with Crippen molar-refractivity contribution in [2.45, 2.75) is 5.92 Å². The third kappa shape index (κ3) is 2.51. The second-order valence-corrected chi connectivity index (χ2v) is 5.98. The van der Waals surface area contributed by atoms with E-state index in [0.29, 0.717) is 16.5 Å². The number of nitrogens with zero attached hydrogens (tertiary/aromatic N) is 1. The number of allylic oxidation sites excluding steroid dienone is 1. The SMILES string of the molecule is N#CC1=C(N)Oc2c(c(=O)oc3ccccc23)C1c1ccc(C(=O)O)cc1. The molecule has 1 atom stereocenters. The number of para-hydroxylation sites is 1. The van der Waals surface area contributed by atoms with Crippen LogP contribution in [0.15, 0.2) is 69.2 Å². The molecule has 132 valence electrons. The normalized spacial score (nSPS) is 15.7. The Morgan fingerprint density at radius 1 is 1.15 bits per heavy atom. The van der Waals surface area contributed by atoms with Gasteiger partial charge in [-0.3, -0.25) is 0 Å². The molecule has 0 aliphatic carbocycles. The molecule has 3 N–H and O–H groups in total. The number of ether oxygens (including phenoxy) is 1. The first-order valence-electron chi connectivity index (χ1n) is 7.98. The summed E-state index contributed by atoms with van der Waals surface area (Å²) in [5, 5.41) is 19.2. The van der Waals surface area contributed by atoms with Crippen molar-refractivity contribution >= 4 is 16.9 Å². The zero-order valence-electron chi connectivity index (χ0n) is 13.8. The van der Waals surface area contributed by atoms with Crippen molar-refractivity contribution in [1.82, 2.24) is 0 Å². The van der Waals surface area contributed by atoms with Gasteiger partial charge in [0.05, 0.1) is 22.4 Å². The molecule has 2 heterocycles. The predicted octanol–water partition coefficient (Wildman–Crippen LogP) is 2.71. The average molecular weight is 360 g/mol. The maximum absolute atomic E-state index is 12.7. The summed E-state index contributed by atoms with van der Waals surface area (Å²) in [5.41, 5.74) is 6.50. The quantitative estimate of drug-likeness (QED) is 0.673. The van der Waals surface area contributed by atoms with Crippen LogP contribution < -0.4 is 16.1 Å². The first kappa shape index (κ1) is 16.4. The van der Waals surface area contributed by atoms with E-state index in [1.165, 1.54) is 12.1 Å². The van der Waals surface area contributed by atoms with Gasteiger partial charge in [0.15, 0.2) is 5.75 Å². The summed E-state index contributed by atoms with van der Waals surface area (Å²) in [7, 11) is 0. The first-order valence-corrected chi connectivity index (χ1v) is 7.98. The number of hydrogen-bond acceptors (Lipinski definition) is 6. The molecule has 0 radical (unpaired) electrons. The summed E-state index contributed by atoms with van der Waals surface area (Å²) in [6, 6.07) is 14.7. The molecular weight excluding hydrogens is 348 g/mol. The van der Waals surface area contributed by atoms with E-state index in [1.54, 1.807) is 36.4 Å². The van der Waals surface area contributed by atoms with E-state index in [0.717, 1.165) is 0 Å². The number of nitriles is 1. The lowest BCUT2D eigenvalue weighted by molar-refractivity contribution is 0.0697. The Bertz CT molecular complexity index is 1220. The topological polar surface area (TPSA) is 127 Å². The molecule has 1 aromatic heterocycles. The number of hydrogen-bond donors (Lipinski definition) is 2. The Balaban J connectivity index is 2.01. The molecule has 7 nitrogen and oxygen atoms in total. The summed E-state index contributed by atoms with van der Waals surface area (Å²) in [4.78, 5) is 23.8. The molecule has 1 aliphatic rings. The van der Waals surface area contributed by atoms with Crippen molar-refractivity contribution in [3.05, 3.63) is 87.1 Å². The molecular formula is C20H12N2O5. The number of benzene rings is 2. The minimum Gasteiger partial charge on any atom is -0.478 e. The van der Waals surface area contributed by atoms with Crippen molar-refractivity contribution in [1.29, 1.82) is 5.26 Å². The van der Waals surface area contributed by atoms with Crippen molar-refractivity contribution in [3.8, 4) is 11.8 Å². The monoisotopic (exact) mass is 360 g/mol. The van der Waals surface area contributed by atoms with Gasteiger partial charge in [-0.05, 0) is 29.8 Å². The molecule has 4 rings (SSSR count). The van der Waals surface area contributed by atoms with E-state index in [4.69, 9.17) is 20.0 Å². The summed E-state index contributed by atoms with van der Waals surface area (Å²) < 4.78 is 11.0. The molecule has 0 saturated carbocycles. The van der Waals surface area contributed by atoms with E-state index in [2.05, 4.69) is 0 Å². The van der Waals surface area contributed by atoms with Crippen LogP contribution in [0.1, 0.15) is 27.4 Å². The van der Waals surface area contributed by atoms with Gasteiger partial charge in [0.25, 0.3) is 0 Å². The molecule has 0 saturated heterocycles. The van der Waals surface area contributed by atoms with Crippen LogP contribution in [0.5, 0.6) is 5.75 Å². The van der Waals surface area contributed by atoms with Gasteiger partial charge in [0.1, 0.15) is 17.2 Å². The zero-order chi connectivity index (χ0) is 19.1. The maximum atomic E-state index is 12.7. The number of nitrogens with two attached hydrogens (primary N) is 1. The summed E-state index contributed by atoms with van der Waals surface area (Å²) in [6.45, 7) is 0. The molecule has 7 heteroatoms. The highest BCUT2D eigenvalue weighted by atomic mass is 16.5. The van der Waals surface area contributed by atoms with Crippen LogP contribution in [0.2, 0.25) is 0 Å². The maximum Gasteiger partial charge on any atom is 0.344 e. The zero-order valence-corrected chi connectivity index (χ0v) is 13.8. The average Bonchev–Trinajstić information content (AvgIpc) is 2.67. The van der Waals surface area contributed by atoms with Gasteiger partial charge in [-0.25, -0.2) is 9.59 Å². The number of carboxylic acids is 1. The largest absolute Gasteiger partial charge is 0.478 e. The summed E-state index contributed by atoms with van der Waals surface area (Å²) in [6.07, 6.45) is 0. The first-order chi connectivity index (χ1) is 13.0. The molecule has 0 fully saturated rings. The molecule has 1 aliphatic heterocycles. The number of aromatic carboxylic acids is 1. The van der Waals surface area contributed by atoms with Gasteiger partial charge in [-0.1, -0.05) is 24.3 Å². The minimum absolute atomic E-state index is 0.0631. The van der Waals surface area contributed by atoms with Crippen LogP contribution in [-0.2, 0) is 0 Å². The fraction of sp³-hybridized carbons (Fsp3) is 0.0500. The molecule has 1 unspecified atom stereocenters. The number of carbonyl (C=O) groups is 1. The van der Waals surface area contributed by atoms with E-state index >= 15 is 0 Å². The van der Waals surface area contributed by atoms with Crippen molar-refractivity contribution in [2.24, 2.45) is 5.73 Å². The van der Waals surface area contributed by atoms with E-state index in [1.807, 2.05) is 6.07 Å². The Hall–Kier alpha value is -4.05. The number of carboxylic acid groups (broad SMARTS) is 1. The lowest BCUT2D eigenvalue weighted by atomic mass is 9.83. The fourth-order valence-electron chi connectivity index (χ4n) is 3.22. The molecule has 2 aromatic carbocycles. The Morgan fingerprint density at radius 2 is 1.85 bits per heavy atom. The van der Waals surface area contributed by atoms with Crippen molar-refractivity contribution < 1.29 is 19.1 Å². The smallest absolute Gasteiger partial charge is 0.344 e. The van der Waals surface area contributed by atoms with Gasteiger partial charge < -0.3 is 20.0 Å². The summed E-state index contributed by atoms with van der Waals surface area (Å²) in [5.74, 6) is -1.75. The Morgan fingerprint density at radius 3 is 2.52 bits per heavy atom. The van der Waals surface area contributed by atoms with Crippen LogP contribution in [0, 0.1) is 11.3 Å². The Kier molecular flexibility index (Phi) is 3.67. The standard InChI is InChI=1S/C20H12N2O5/c21-9-13-15(10-5-7-11(8-6-10)19(23)24)16-17(27-18(13)22)12-3-1-2-4-14(12)26-20(16)25/h1-8,15H,22H2,(H,23,24). The predicted molar refractivity (Wildman–Crippen MR) is 95.2 cm³/mol. The van der Waals surface area contributed by atoms with E-state index in [9.17, 15) is 14.9 Å². The lowest BCUT2D eigenvalue weighted by Crippen LogP contribution is -2.26. The van der Waals surface area contributed by atoms with Gasteiger partial charge in [0, 0.05) is 0 Å². The van der Waals surface area contributed by atoms with E-state index < -0.39 is 17.5 Å². The third-order valence-corrected chi connectivity index (χ3v) is 4.47. The van der Waals surface area contributed by atoms with Crippen LogP contribution in [-0.4, -0.2) is 11.1 Å². The van der Waals surface area contributed by atoms with Crippen LogP contribution >= 0.6 is 0 Å². The second kappa shape index (κ2) is 6.04. The highest BCUT2D eigenvalue weighted by molar-refractivity contribution is 5.88. The number of fused-ring (bicyclic) bond motifs is 3. The van der Waals surface area contributed by atoms with Crippen molar-refractivity contribution in [2.75, 3.05) is 0 Å². The molecule has 0 amide bonds. The summed E-state index contributed by atoms with van der Waals surface area (Å²) >= 11 is 0. The minimum atomic E-state index is -1.07. The highest BCUT2D eigenvalue weighted by Gasteiger charge is 2.35. The lowest BCUT2D eigenvalue weighted by Gasteiger charge is -2.26. The van der Waals surface area contributed by atoms with Gasteiger partial charge in [0.2, 0.25) is 5.88 Å². The Labute approximate surface area is 152 Å². The van der Waals surface area contributed by atoms with E-state index in [-0.39, 0.29) is 28.3 Å². The molecule has 27 heavy (non-hydrogen) atoms. The second-order valence-electron chi connectivity index (χ2n) is 5.98. The third-order valence-electron chi connectivity index (χ3n) is 4.47. The molecule has 3 aromatic rings. The molecule has 0 spiro atoms. The van der Waals surface area contributed by atoms with Gasteiger partial charge in [-0.2, -0.15) is 5.26 Å². The highest BCUT2D eigenvalue weighted by Crippen LogP contribution is 2.43. The van der Waals surface area contributed by atoms with Gasteiger partial charge >= 0.3 is 11.6 Å². The van der Waals surface area contributed by atoms with Crippen LogP contribution in [0.3, 0.4) is 0 Å². The molecule has 0 bridgehead atoms. The fourth-order valence-corrected chi connectivity index (χ4v) is 3.22. The van der Waals surface area contributed by atoms with Gasteiger partial charge in [-0.15, -0.1) is 0 Å². The van der Waals surface area contributed by atoms with Crippen LogP contribution in [0.4, 0.5) is 0 Å². The number of rotatable bonds is 2. The van der Waals surface area contributed by atoms with Crippen LogP contribution in [0.25, 0.3) is 11.0 Å².